The lowest BCUT2D eigenvalue weighted by atomic mass is 10.1. The summed E-state index contributed by atoms with van der Waals surface area (Å²) in [6, 6.07) is 29.8. The van der Waals surface area contributed by atoms with Crippen molar-refractivity contribution in [2.45, 2.75) is 21.1 Å². The van der Waals surface area contributed by atoms with Crippen molar-refractivity contribution in [2.75, 3.05) is 18.5 Å². The predicted molar refractivity (Wildman–Crippen MR) is 109 cm³/mol. The summed E-state index contributed by atoms with van der Waals surface area (Å²) < 4.78 is 5.02. The summed E-state index contributed by atoms with van der Waals surface area (Å²) in [6.45, 7) is 1.17. The molecule has 0 saturated carbocycles. The first-order chi connectivity index (χ1) is 13.3. The summed E-state index contributed by atoms with van der Waals surface area (Å²) in [5, 5.41) is 3.36. The zero-order chi connectivity index (χ0) is 18.5. The van der Waals surface area contributed by atoms with Gasteiger partial charge in [0, 0.05) is 12.2 Å². The summed E-state index contributed by atoms with van der Waals surface area (Å²) in [7, 11) is -0.136. The van der Waals surface area contributed by atoms with E-state index in [1.165, 1.54) is 14.7 Å². The fourth-order valence-corrected chi connectivity index (χ4v) is 5.28. The first-order valence-electron chi connectivity index (χ1n) is 9.16. The van der Waals surface area contributed by atoms with E-state index in [2.05, 4.69) is 90.2 Å². The van der Waals surface area contributed by atoms with Crippen molar-refractivity contribution in [1.29, 1.82) is 0 Å². The molecule has 1 unspecified atom stereocenters. The Bertz CT molecular complexity index is 842. The van der Waals surface area contributed by atoms with Crippen LogP contribution in [-0.2, 0) is 20.4 Å². The maximum absolute atomic E-state index is 11.6. The van der Waals surface area contributed by atoms with E-state index in [0.29, 0.717) is 13.2 Å². The number of benzene rings is 3. The van der Waals surface area contributed by atoms with Crippen molar-refractivity contribution in [3.05, 3.63) is 84.9 Å². The summed E-state index contributed by atoms with van der Waals surface area (Å²) in [4.78, 5) is 15.5. The molecule has 3 aromatic carbocycles. The second-order valence-electron chi connectivity index (χ2n) is 6.49. The highest BCUT2D eigenvalue weighted by Gasteiger charge is 2.28. The van der Waals surface area contributed by atoms with Crippen LogP contribution in [-0.4, -0.2) is 19.1 Å². The molecule has 1 fully saturated rings. The topological polar surface area (TPSA) is 38.3 Å². The average Bonchev–Trinajstić information content (AvgIpc) is 3.14. The molecule has 3 aromatic rings. The molecule has 1 saturated heterocycles. The Balaban J connectivity index is 1.55. The minimum absolute atomic E-state index is 0.0343. The highest BCUT2D eigenvalue weighted by atomic mass is 32.2. The van der Waals surface area contributed by atoms with Gasteiger partial charge in [0.25, 0.3) is 0 Å². The van der Waals surface area contributed by atoms with E-state index in [9.17, 15) is 4.79 Å². The molecule has 1 heterocycles. The van der Waals surface area contributed by atoms with Crippen molar-refractivity contribution < 1.29 is 9.53 Å². The number of hydrogen-bond donors (Lipinski definition) is 1. The zero-order valence-corrected chi connectivity index (χ0v) is 15.8. The molecule has 3 nitrogen and oxygen atoms in total. The van der Waals surface area contributed by atoms with Gasteiger partial charge in [0.1, 0.15) is 0 Å². The van der Waals surface area contributed by atoms with Gasteiger partial charge in [-0.1, -0.05) is 36.4 Å². The molecule has 4 heteroatoms. The van der Waals surface area contributed by atoms with Gasteiger partial charge in [-0.15, -0.1) is 0 Å². The smallest absolute Gasteiger partial charge is 0.310 e. The number of hydrogen-bond acceptors (Lipinski definition) is 3. The van der Waals surface area contributed by atoms with Crippen LogP contribution in [0.2, 0.25) is 0 Å². The number of rotatable bonds is 6. The van der Waals surface area contributed by atoms with Crippen LogP contribution >= 0.6 is 0 Å². The van der Waals surface area contributed by atoms with Gasteiger partial charge in [-0.25, -0.2) is 0 Å². The standard InChI is InChI=1S/C23H22NO2S/c25-23-18(15-16-26-23)17-24-19-11-13-22(14-12-19)27(20-7-3-1-4-8-20)21-9-5-2-6-10-21/h1-14,18,24H,15-17H2/q+1. The Labute approximate surface area is 162 Å². The van der Waals surface area contributed by atoms with E-state index in [1.54, 1.807) is 0 Å². The van der Waals surface area contributed by atoms with E-state index in [1.807, 2.05) is 0 Å². The largest absolute Gasteiger partial charge is 0.465 e. The van der Waals surface area contributed by atoms with Crippen molar-refractivity contribution in [3.8, 4) is 0 Å². The number of anilines is 1. The maximum atomic E-state index is 11.6. The zero-order valence-electron chi connectivity index (χ0n) is 15.0. The molecular formula is C23H22NO2S+. The Hall–Kier alpha value is -2.72. The van der Waals surface area contributed by atoms with Crippen LogP contribution in [0.3, 0.4) is 0 Å². The summed E-state index contributed by atoms with van der Waals surface area (Å²) in [6.07, 6.45) is 0.801. The Morgan fingerprint density at radius 1 is 0.815 bits per heavy atom. The third-order valence-electron chi connectivity index (χ3n) is 4.64. The van der Waals surface area contributed by atoms with E-state index < -0.39 is 0 Å². The van der Waals surface area contributed by atoms with Gasteiger partial charge in [-0.2, -0.15) is 0 Å². The fourth-order valence-electron chi connectivity index (χ4n) is 3.19. The lowest BCUT2D eigenvalue weighted by Crippen LogP contribution is -2.18. The van der Waals surface area contributed by atoms with Gasteiger partial charge in [0.05, 0.1) is 23.4 Å². The van der Waals surface area contributed by atoms with Crippen molar-refractivity contribution >= 4 is 22.6 Å². The molecule has 0 amide bonds. The predicted octanol–water partition coefficient (Wildman–Crippen LogP) is 4.76. The van der Waals surface area contributed by atoms with E-state index in [4.69, 9.17) is 4.74 Å². The quantitative estimate of drug-likeness (QED) is 0.498. The SMILES string of the molecule is O=C1OCCC1CNc1ccc([S+](c2ccccc2)c2ccccc2)cc1. The van der Waals surface area contributed by atoms with Gasteiger partial charge in [0.2, 0.25) is 0 Å². The number of nitrogens with one attached hydrogen (secondary N) is 1. The third-order valence-corrected chi connectivity index (χ3v) is 6.88. The lowest BCUT2D eigenvalue weighted by molar-refractivity contribution is -0.140. The van der Waals surface area contributed by atoms with Gasteiger partial charge in [0.15, 0.2) is 14.7 Å². The van der Waals surface area contributed by atoms with Crippen molar-refractivity contribution in [3.63, 3.8) is 0 Å². The van der Waals surface area contributed by atoms with E-state index in [0.717, 1.165) is 12.1 Å². The van der Waals surface area contributed by atoms with Gasteiger partial charge in [-0.05, 0) is 55.0 Å². The molecular weight excluding hydrogens is 354 g/mol. The van der Waals surface area contributed by atoms with Crippen molar-refractivity contribution in [2.24, 2.45) is 5.92 Å². The van der Waals surface area contributed by atoms with Gasteiger partial charge >= 0.3 is 5.97 Å². The number of carbonyl (C=O) groups is 1. The normalized spacial score (nSPS) is 16.3. The molecule has 0 radical (unpaired) electrons. The van der Waals surface area contributed by atoms with Crippen molar-refractivity contribution in [1.82, 2.24) is 0 Å². The first kappa shape index (κ1) is 17.7. The van der Waals surface area contributed by atoms with Gasteiger partial charge < -0.3 is 10.1 Å². The van der Waals surface area contributed by atoms with E-state index in [-0.39, 0.29) is 22.8 Å². The minimum Gasteiger partial charge on any atom is -0.465 e. The minimum atomic E-state index is -0.136. The summed E-state index contributed by atoms with van der Waals surface area (Å²) in [5.41, 5.74) is 1.03. The maximum Gasteiger partial charge on any atom is 0.310 e. The monoisotopic (exact) mass is 376 g/mol. The summed E-state index contributed by atoms with van der Waals surface area (Å²) in [5.74, 6) is -0.123. The van der Waals surface area contributed by atoms with Gasteiger partial charge in [-0.3, -0.25) is 4.79 Å². The van der Waals surface area contributed by atoms with Crippen LogP contribution in [0.15, 0.2) is 99.6 Å². The third kappa shape index (κ3) is 4.17. The van der Waals surface area contributed by atoms with Crippen LogP contribution in [0.1, 0.15) is 6.42 Å². The molecule has 0 aromatic heterocycles. The molecule has 0 aliphatic carbocycles. The second-order valence-corrected chi connectivity index (χ2v) is 8.52. The lowest BCUT2D eigenvalue weighted by Gasteiger charge is -2.11. The van der Waals surface area contributed by atoms with Crippen LogP contribution in [0, 0.1) is 5.92 Å². The molecule has 1 atom stereocenters. The van der Waals surface area contributed by atoms with Crippen LogP contribution < -0.4 is 5.32 Å². The van der Waals surface area contributed by atoms with Crippen LogP contribution in [0.25, 0.3) is 0 Å². The summed E-state index contributed by atoms with van der Waals surface area (Å²) >= 11 is 0. The highest BCUT2D eigenvalue weighted by molar-refractivity contribution is 7.97. The fraction of sp³-hybridized carbons (Fsp3) is 0.174. The average molecular weight is 377 g/mol. The van der Waals surface area contributed by atoms with E-state index >= 15 is 0 Å². The Morgan fingerprint density at radius 2 is 1.37 bits per heavy atom. The molecule has 0 spiro atoms. The second kappa shape index (κ2) is 8.31. The molecule has 4 rings (SSSR count). The van der Waals surface area contributed by atoms with Crippen LogP contribution in [0.5, 0.6) is 0 Å². The van der Waals surface area contributed by atoms with Crippen LogP contribution in [0.4, 0.5) is 5.69 Å². The molecule has 1 aliphatic heterocycles. The molecule has 136 valence electrons. The number of carbonyl (C=O) groups excluding carboxylic acids is 1. The molecule has 1 aliphatic rings. The Morgan fingerprint density at radius 3 is 1.89 bits per heavy atom. The number of cyclic esters (lactones) is 1. The molecule has 1 N–H and O–H groups in total. The molecule has 0 bridgehead atoms. The molecule has 27 heavy (non-hydrogen) atoms. The first-order valence-corrected chi connectivity index (χ1v) is 10.4. The highest BCUT2D eigenvalue weighted by Crippen LogP contribution is 2.31. The number of ether oxygens (including phenoxy) is 1. The number of esters is 1. The Kier molecular flexibility index (Phi) is 5.45.